The van der Waals surface area contributed by atoms with Gasteiger partial charge in [-0.25, -0.2) is 0 Å². The average molecular weight is 308 g/mol. The first-order valence-electron chi connectivity index (χ1n) is 6.87. The highest BCUT2D eigenvalue weighted by Gasteiger charge is 2.24. The Hall–Kier alpha value is -1.69. The van der Waals surface area contributed by atoms with E-state index in [1.807, 2.05) is 32.0 Å². The number of aryl methyl sites for hydroxylation is 1. The van der Waals surface area contributed by atoms with Crippen LogP contribution in [0.4, 0.5) is 4.79 Å². The number of benzene rings is 1. The quantitative estimate of drug-likeness (QED) is 0.907. The molecule has 6 heteroatoms. The van der Waals surface area contributed by atoms with E-state index < -0.39 is 0 Å². The summed E-state index contributed by atoms with van der Waals surface area (Å²) in [5.74, 6) is 1.36. The van der Waals surface area contributed by atoms with Crippen molar-refractivity contribution >= 4 is 22.9 Å². The fourth-order valence-electron chi connectivity index (χ4n) is 2.30. The molecule has 0 aromatic heterocycles. The van der Waals surface area contributed by atoms with Gasteiger partial charge in [-0.3, -0.25) is 9.59 Å². The highest BCUT2D eigenvalue weighted by molar-refractivity contribution is 8.13. The number of methoxy groups -OCH3 is 1. The number of thioether (sulfide) groups is 1. The van der Waals surface area contributed by atoms with E-state index in [2.05, 4.69) is 5.32 Å². The van der Waals surface area contributed by atoms with Crippen LogP contribution in [0.3, 0.4) is 0 Å². The summed E-state index contributed by atoms with van der Waals surface area (Å²) >= 11 is 1.26. The summed E-state index contributed by atoms with van der Waals surface area (Å²) in [6, 6.07) is 5.70. The molecule has 1 aromatic rings. The highest BCUT2D eigenvalue weighted by atomic mass is 32.2. The number of ether oxygens (including phenoxy) is 1. The zero-order valence-corrected chi connectivity index (χ0v) is 13.3. The molecule has 1 aromatic carbocycles. The third kappa shape index (κ3) is 3.91. The Bertz CT molecular complexity index is 548. The molecule has 0 bridgehead atoms. The number of amides is 2. The molecule has 0 spiro atoms. The molecule has 0 aliphatic carbocycles. The van der Waals surface area contributed by atoms with Crippen molar-refractivity contribution in [2.75, 3.05) is 26.0 Å². The first kappa shape index (κ1) is 15.7. The number of hydrogen-bond acceptors (Lipinski definition) is 4. The Labute approximate surface area is 129 Å². The summed E-state index contributed by atoms with van der Waals surface area (Å²) < 4.78 is 5.33. The van der Waals surface area contributed by atoms with Crippen LogP contribution < -0.4 is 10.1 Å². The van der Waals surface area contributed by atoms with E-state index in [1.165, 1.54) is 11.8 Å². The minimum Gasteiger partial charge on any atom is -0.496 e. The Kier molecular flexibility index (Phi) is 5.12. The average Bonchev–Trinajstić information content (AvgIpc) is 2.84. The van der Waals surface area contributed by atoms with Gasteiger partial charge in [0.25, 0.3) is 5.24 Å². The summed E-state index contributed by atoms with van der Waals surface area (Å²) in [4.78, 5) is 25.1. The lowest BCUT2D eigenvalue weighted by Gasteiger charge is -2.20. The molecule has 1 aliphatic heterocycles. The molecular formula is C15H20N2O3S. The van der Waals surface area contributed by atoms with Crippen molar-refractivity contribution in [2.24, 2.45) is 0 Å². The van der Waals surface area contributed by atoms with Crippen LogP contribution in [-0.2, 0) is 4.79 Å². The Morgan fingerprint density at radius 3 is 2.90 bits per heavy atom. The van der Waals surface area contributed by atoms with Gasteiger partial charge in [0.1, 0.15) is 12.3 Å². The highest BCUT2D eigenvalue weighted by Crippen LogP contribution is 2.26. The van der Waals surface area contributed by atoms with Crippen molar-refractivity contribution < 1.29 is 14.3 Å². The first-order valence-corrected chi connectivity index (χ1v) is 7.85. The van der Waals surface area contributed by atoms with Gasteiger partial charge in [0.15, 0.2) is 0 Å². The molecule has 0 radical (unpaired) electrons. The molecule has 1 aliphatic rings. The molecule has 2 rings (SSSR count). The standard InChI is InChI=1S/C15H20N2O3S/c1-10-4-5-13(20-3)12(8-10)11(2)16-14(18)9-17-6-7-21-15(17)19/h4-5,8,11H,6-7,9H2,1-3H3,(H,16,18). The van der Waals surface area contributed by atoms with Gasteiger partial charge < -0.3 is 15.0 Å². The van der Waals surface area contributed by atoms with E-state index in [9.17, 15) is 9.59 Å². The van der Waals surface area contributed by atoms with E-state index in [4.69, 9.17) is 4.74 Å². The van der Waals surface area contributed by atoms with E-state index in [0.29, 0.717) is 6.54 Å². The van der Waals surface area contributed by atoms with Crippen molar-refractivity contribution in [3.05, 3.63) is 29.3 Å². The van der Waals surface area contributed by atoms with Crippen LogP contribution in [0.15, 0.2) is 18.2 Å². The summed E-state index contributed by atoms with van der Waals surface area (Å²) in [5, 5.41) is 2.90. The SMILES string of the molecule is COc1ccc(C)cc1C(C)NC(=O)CN1CCSC1=O. The number of carbonyl (C=O) groups excluding carboxylic acids is 2. The molecule has 1 atom stereocenters. The maximum atomic E-state index is 12.1. The Morgan fingerprint density at radius 2 is 2.29 bits per heavy atom. The topological polar surface area (TPSA) is 58.6 Å². The van der Waals surface area contributed by atoms with E-state index in [0.717, 1.165) is 22.6 Å². The molecule has 2 amide bonds. The van der Waals surface area contributed by atoms with Crippen molar-refractivity contribution in [3.8, 4) is 5.75 Å². The van der Waals surface area contributed by atoms with Crippen LogP contribution in [0, 0.1) is 6.92 Å². The van der Waals surface area contributed by atoms with E-state index in [1.54, 1.807) is 12.0 Å². The zero-order chi connectivity index (χ0) is 15.4. The van der Waals surface area contributed by atoms with Crippen molar-refractivity contribution in [3.63, 3.8) is 0 Å². The lowest BCUT2D eigenvalue weighted by Crippen LogP contribution is -2.38. The van der Waals surface area contributed by atoms with Crippen LogP contribution >= 0.6 is 11.8 Å². The largest absolute Gasteiger partial charge is 0.496 e. The van der Waals surface area contributed by atoms with Gasteiger partial charge in [-0.2, -0.15) is 0 Å². The van der Waals surface area contributed by atoms with E-state index in [-0.39, 0.29) is 23.7 Å². The molecule has 21 heavy (non-hydrogen) atoms. The number of hydrogen-bond donors (Lipinski definition) is 1. The lowest BCUT2D eigenvalue weighted by atomic mass is 10.0. The molecular weight excluding hydrogens is 288 g/mol. The zero-order valence-electron chi connectivity index (χ0n) is 12.5. The molecule has 1 saturated heterocycles. The van der Waals surface area contributed by atoms with Crippen LogP contribution in [-0.4, -0.2) is 42.0 Å². The van der Waals surface area contributed by atoms with Crippen molar-refractivity contribution in [2.45, 2.75) is 19.9 Å². The van der Waals surface area contributed by atoms with Crippen molar-refractivity contribution in [1.29, 1.82) is 0 Å². The van der Waals surface area contributed by atoms with Gasteiger partial charge in [0, 0.05) is 17.9 Å². The molecule has 0 saturated carbocycles. The number of rotatable bonds is 5. The smallest absolute Gasteiger partial charge is 0.282 e. The molecule has 1 N–H and O–H groups in total. The van der Waals surface area contributed by atoms with Gasteiger partial charge in [0.2, 0.25) is 5.91 Å². The van der Waals surface area contributed by atoms with E-state index >= 15 is 0 Å². The van der Waals surface area contributed by atoms with Crippen molar-refractivity contribution in [1.82, 2.24) is 10.2 Å². The summed E-state index contributed by atoms with van der Waals surface area (Å²) in [6.45, 7) is 4.66. The Balaban J connectivity index is 2.00. The summed E-state index contributed by atoms with van der Waals surface area (Å²) in [7, 11) is 1.61. The molecule has 1 heterocycles. The minimum atomic E-state index is -0.169. The summed E-state index contributed by atoms with van der Waals surface area (Å²) in [5.41, 5.74) is 2.05. The third-order valence-corrected chi connectivity index (χ3v) is 4.30. The number of nitrogens with one attached hydrogen (secondary N) is 1. The van der Waals surface area contributed by atoms with Gasteiger partial charge in [-0.05, 0) is 19.9 Å². The van der Waals surface area contributed by atoms with Gasteiger partial charge in [-0.15, -0.1) is 0 Å². The van der Waals surface area contributed by atoms with Crippen LogP contribution in [0.1, 0.15) is 24.1 Å². The van der Waals surface area contributed by atoms with Gasteiger partial charge in [-0.1, -0.05) is 29.5 Å². The molecule has 1 fully saturated rings. The third-order valence-electron chi connectivity index (χ3n) is 3.41. The second kappa shape index (κ2) is 6.85. The fourth-order valence-corrected chi connectivity index (χ4v) is 3.12. The van der Waals surface area contributed by atoms with Crippen LogP contribution in [0.2, 0.25) is 0 Å². The monoisotopic (exact) mass is 308 g/mol. The second-order valence-electron chi connectivity index (χ2n) is 5.07. The van der Waals surface area contributed by atoms with Crippen LogP contribution in [0.25, 0.3) is 0 Å². The fraction of sp³-hybridized carbons (Fsp3) is 0.467. The lowest BCUT2D eigenvalue weighted by molar-refractivity contribution is -0.122. The number of nitrogens with zero attached hydrogens (tertiary/aromatic N) is 1. The second-order valence-corrected chi connectivity index (χ2v) is 6.12. The first-order chi connectivity index (χ1) is 10.0. The predicted molar refractivity (Wildman–Crippen MR) is 83.7 cm³/mol. The molecule has 1 unspecified atom stereocenters. The van der Waals surface area contributed by atoms with Gasteiger partial charge >= 0.3 is 0 Å². The maximum Gasteiger partial charge on any atom is 0.282 e. The van der Waals surface area contributed by atoms with Crippen LogP contribution in [0.5, 0.6) is 5.75 Å². The normalized spacial score (nSPS) is 16.0. The Morgan fingerprint density at radius 1 is 1.52 bits per heavy atom. The van der Waals surface area contributed by atoms with Gasteiger partial charge in [0.05, 0.1) is 13.2 Å². The summed E-state index contributed by atoms with van der Waals surface area (Å²) in [6.07, 6.45) is 0. The minimum absolute atomic E-state index is 0.0223. The molecule has 114 valence electrons. The predicted octanol–water partition coefficient (Wildman–Crippen LogP) is 2.35. The maximum absolute atomic E-state index is 12.1. The number of carbonyl (C=O) groups is 2. The molecule has 5 nitrogen and oxygen atoms in total.